The molecule has 0 saturated carbocycles. The molecule has 0 aromatic rings. The third-order valence-corrected chi connectivity index (χ3v) is 5.10. The maximum absolute atomic E-state index is 3.63. The molecule has 0 atom stereocenters. The van der Waals surface area contributed by atoms with E-state index in [2.05, 4.69) is 52.7 Å². The fourth-order valence-corrected chi connectivity index (χ4v) is 5.23. The van der Waals surface area contributed by atoms with Gasteiger partial charge in [0.05, 0.1) is 0 Å². The molecule has 0 aliphatic heterocycles. The summed E-state index contributed by atoms with van der Waals surface area (Å²) < 4.78 is 0. The molecule has 0 spiro atoms. The Morgan fingerprint density at radius 3 is 1.80 bits per heavy atom. The highest BCUT2D eigenvalue weighted by molar-refractivity contribution is 6.76. The Morgan fingerprint density at radius 2 is 1.53 bits per heavy atom. The van der Waals surface area contributed by atoms with Gasteiger partial charge in [0, 0.05) is 20.7 Å². The van der Waals surface area contributed by atoms with Crippen molar-refractivity contribution in [1.29, 1.82) is 0 Å². The lowest BCUT2D eigenvalue weighted by Gasteiger charge is -2.37. The van der Waals surface area contributed by atoms with Gasteiger partial charge >= 0.3 is 0 Å². The fraction of sp³-hybridized carbons (Fsp3) is 1.00. The Morgan fingerprint density at radius 1 is 1.07 bits per heavy atom. The molecule has 1 N–H and O–H groups in total. The first-order chi connectivity index (χ1) is 6.74. The number of rotatable bonds is 7. The second kappa shape index (κ2) is 6.05. The topological polar surface area (TPSA) is 12.0 Å². The van der Waals surface area contributed by atoms with Gasteiger partial charge in [0.1, 0.15) is 0 Å². The standard InChI is InChI=1S/C13H31NSi/c1-8-13(9-2,10-14-12(3)4)11-15(5,6)7/h12,14H,8-11H2,1-7H3. The van der Waals surface area contributed by atoms with Gasteiger partial charge in [0.25, 0.3) is 0 Å². The van der Waals surface area contributed by atoms with Gasteiger partial charge in [-0.25, -0.2) is 0 Å². The van der Waals surface area contributed by atoms with Crippen LogP contribution in [0.15, 0.2) is 0 Å². The second-order valence-corrected chi connectivity index (χ2v) is 12.0. The van der Waals surface area contributed by atoms with Crippen LogP contribution in [0.2, 0.25) is 25.7 Å². The van der Waals surface area contributed by atoms with E-state index in [0.717, 1.165) is 0 Å². The van der Waals surface area contributed by atoms with Gasteiger partial charge in [-0.3, -0.25) is 0 Å². The van der Waals surface area contributed by atoms with Crippen molar-refractivity contribution in [1.82, 2.24) is 5.32 Å². The average Bonchev–Trinajstić information content (AvgIpc) is 2.10. The third-order valence-electron chi connectivity index (χ3n) is 3.29. The molecule has 0 aliphatic rings. The molecule has 0 radical (unpaired) electrons. The Bertz CT molecular complexity index is 166. The minimum Gasteiger partial charge on any atom is -0.314 e. The van der Waals surface area contributed by atoms with Crippen molar-refractivity contribution >= 4 is 8.07 Å². The highest BCUT2D eigenvalue weighted by atomic mass is 28.3. The molecule has 1 nitrogen and oxygen atoms in total. The predicted octanol–water partition coefficient (Wildman–Crippen LogP) is 4.13. The van der Waals surface area contributed by atoms with E-state index in [4.69, 9.17) is 0 Å². The van der Waals surface area contributed by atoms with Crippen LogP contribution in [-0.4, -0.2) is 20.7 Å². The SMILES string of the molecule is CCC(CC)(CNC(C)C)C[Si](C)(C)C. The van der Waals surface area contributed by atoms with E-state index < -0.39 is 8.07 Å². The summed E-state index contributed by atoms with van der Waals surface area (Å²) in [5.74, 6) is 0. The van der Waals surface area contributed by atoms with Crippen molar-refractivity contribution in [2.75, 3.05) is 6.54 Å². The van der Waals surface area contributed by atoms with Crippen molar-refractivity contribution in [3.05, 3.63) is 0 Å². The molecule has 2 heteroatoms. The van der Waals surface area contributed by atoms with E-state index in [9.17, 15) is 0 Å². The molecular weight excluding hydrogens is 198 g/mol. The molecule has 0 aliphatic carbocycles. The zero-order valence-electron chi connectivity index (χ0n) is 11.9. The minimum absolute atomic E-state index is 0.550. The maximum atomic E-state index is 3.63. The molecule has 0 aromatic heterocycles. The van der Waals surface area contributed by atoms with Gasteiger partial charge in [-0.15, -0.1) is 0 Å². The smallest absolute Gasteiger partial charge is 0.0448 e. The van der Waals surface area contributed by atoms with Gasteiger partial charge in [0.15, 0.2) is 0 Å². The van der Waals surface area contributed by atoms with Crippen LogP contribution in [0.25, 0.3) is 0 Å². The molecule has 15 heavy (non-hydrogen) atoms. The van der Waals surface area contributed by atoms with Gasteiger partial charge in [-0.1, -0.05) is 53.4 Å². The summed E-state index contributed by atoms with van der Waals surface area (Å²) in [5, 5.41) is 3.63. The lowest BCUT2D eigenvalue weighted by molar-refractivity contribution is 0.269. The van der Waals surface area contributed by atoms with E-state index in [1.165, 1.54) is 25.4 Å². The van der Waals surface area contributed by atoms with Crippen molar-refractivity contribution in [3.8, 4) is 0 Å². The van der Waals surface area contributed by atoms with Gasteiger partial charge < -0.3 is 5.32 Å². The Balaban J connectivity index is 4.44. The maximum Gasteiger partial charge on any atom is 0.0448 e. The largest absolute Gasteiger partial charge is 0.314 e. The lowest BCUT2D eigenvalue weighted by atomic mass is 9.84. The van der Waals surface area contributed by atoms with Gasteiger partial charge in [0.2, 0.25) is 0 Å². The molecule has 92 valence electrons. The molecule has 0 unspecified atom stereocenters. The van der Waals surface area contributed by atoms with Crippen molar-refractivity contribution in [2.45, 2.75) is 72.3 Å². The van der Waals surface area contributed by atoms with Crippen LogP contribution in [0.3, 0.4) is 0 Å². The van der Waals surface area contributed by atoms with Crippen LogP contribution in [0, 0.1) is 5.41 Å². The third kappa shape index (κ3) is 6.36. The minimum atomic E-state index is -0.947. The van der Waals surface area contributed by atoms with Crippen molar-refractivity contribution in [2.24, 2.45) is 5.41 Å². The van der Waals surface area contributed by atoms with E-state index in [-0.39, 0.29) is 0 Å². The molecule has 0 rings (SSSR count). The summed E-state index contributed by atoms with van der Waals surface area (Å²) in [4.78, 5) is 0. The monoisotopic (exact) mass is 229 g/mol. The number of nitrogens with one attached hydrogen (secondary N) is 1. The highest BCUT2D eigenvalue weighted by Gasteiger charge is 2.31. The van der Waals surface area contributed by atoms with Crippen molar-refractivity contribution in [3.63, 3.8) is 0 Å². The van der Waals surface area contributed by atoms with E-state index in [0.29, 0.717) is 11.5 Å². The molecule has 0 aromatic carbocycles. The summed E-state index contributed by atoms with van der Waals surface area (Å²) >= 11 is 0. The molecule has 0 bridgehead atoms. The summed E-state index contributed by atoms with van der Waals surface area (Å²) in [6.07, 6.45) is 2.63. The first-order valence-electron chi connectivity index (χ1n) is 6.48. The second-order valence-electron chi connectivity index (χ2n) is 6.48. The number of hydrogen-bond acceptors (Lipinski definition) is 1. The quantitative estimate of drug-likeness (QED) is 0.647. The van der Waals surface area contributed by atoms with E-state index in [1.54, 1.807) is 0 Å². The van der Waals surface area contributed by atoms with E-state index >= 15 is 0 Å². The summed E-state index contributed by atoms with van der Waals surface area (Å²) in [6, 6.07) is 2.07. The summed E-state index contributed by atoms with van der Waals surface area (Å²) in [7, 11) is -0.947. The van der Waals surface area contributed by atoms with Gasteiger partial charge in [-0.05, 0) is 18.3 Å². The summed E-state index contributed by atoms with van der Waals surface area (Å²) in [5.41, 5.74) is 0.550. The fourth-order valence-electron chi connectivity index (χ4n) is 2.36. The zero-order chi connectivity index (χ0) is 12.1. The highest BCUT2D eigenvalue weighted by Crippen LogP contribution is 2.35. The molecule has 0 fully saturated rings. The van der Waals surface area contributed by atoms with Crippen LogP contribution < -0.4 is 5.32 Å². The number of hydrogen-bond donors (Lipinski definition) is 1. The van der Waals surface area contributed by atoms with Crippen LogP contribution >= 0.6 is 0 Å². The molecule has 0 saturated heterocycles. The Kier molecular flexibility index (Phi) is 6.12. The molecule has 0 amide bonds. The van der Waals surface area contributed by atoms with Crippen LogP contribution in [0.4, 0.5) is 0 Å². The molecule has 0 heterocycles. The Hall–Kier alpha value is 0.177. The summed E-state index contributed by atoms with van der Waals surface area (Å²) in [6.45, 7) is 17.8. The van der Waals surface area contributed by atoms with Crippen LogP contribution in [-0.2, 0) is 0 Å². The average molecular weight is 229 g/mol. The van der Waals surface area contributed by atoms with Crippen LogP contribution in [0.1, 0.15) is 40.5 Å². The van der Waals surface area contributed by atoms with Gasteiger partial charge in [-0.2, -0.15) is 0 Å². The van der Waals surface area contributed by atoms with Crippen LogP contribution in [0.5, 0.6) is 0 Å². The molecular formula is C13H31NSi. The first kappa shape index (κ1) is 15.2. The van der Waals surface area contributed by atoms with E-state index in [1.807, 2.05) is 0 Å². The first-order valence-corrected chi connectivity index (χ1v) is 10.2. The predicted molar refractivity (Wildman–Crippen MR) is 74.3 cm³/mol. The zero-order valence-corrected chi connectivity index (χ0v) is 12.9. The Labute approximate surface area is 98.0 Å². The lowest BCUT2D eigenvalue weighted by Crippen LogP contribution is -2.41. The normalized spacial score (nSPS) is 13.6. The van der Waals surface area contributed by atoms with Crippen molar-refractivity contribution < 1.29 is 0 Å².